The van der Waals surface area contributed by atoms with E-state index in [0.29, 0.717) is 0 Å². The first-order valence-electron chi connectivity index (χ1n) is 3.57. The van der Waals surface area contributed by atoms with E-state index in [4.69, 9.17) is 5.11 Å². The van der Waals surface area contributed by atoms with Crippen LogP contribution >= 0.6 is 0 Å². The summed E-state index contributed by atoms with van der Waals surface area (Å²) in [5.41, 5.74) is -2.07. The van der Waals surface area contributed by atoms with E-state index in [1.807, 2.05) is 0 Å². The minimum absolute atomic E-state index is 0.674. The number of aliphatic hydroxyl groups is 1. The third-order valence-electron chi connectivity index (χ3n) is 2.27. The summed E-state index contributed by atoms with van der Waals surface area (Å²) in [4.78, 5) is 21.5. The van der Waals surface area contributed by atoms with Crippen molar-refractivity contribution >= 4 is 11.9 Å². The number of esters is 1. The van der Waals surface area contributed by atoms with Crippen molar-refractivity contribution in [1.29, 1.82) is 0 Å². The molecule has 0 radical (unpaired) electrons. The minimum Gasteiger partial charge on any atom is -0.479 e. The topological polar surface area (TPSA) is 83.8 Å². The van der Waals surface area contributed by atoms with Gasteiger partial charge >= 0.3 is 11.9 Å². The van der Waals surface area contributed by atoms with Gasteiger partial charge in [0.1, 0.15) is 6.10 Å². The predicted octanol–water partition coefficient (Wildman–Crippen LogP) is -0.616. The van der Waals surface area contributed by atoms with Crippen molar-refractivity contribution in [1.82, 2.24) is 0 Å². The van der Waals surface area contributed by atoms with Crippen LogP contribution in [0.1, 0.15) is 13.8 Å². The molecule has 0 unspecified atom stereocenters. The molecule has 0 amide bonds. The Bertz CT molecular complexity index is 236. The number of carbonyl (C=O) groups excluding carboxylic acids is 1. The van der Waals surface area contributed by atoms with Gasteiger partial charge in [-0.25, -0.2) is 4.79 Å². The Morgan fingerprint density at radius 2 is 2.08 bits per heavy atom. The van der Waals surface area contributed by atoms with Gasteiger partial charge in [0.05, 0.1) is 5.92 Å². The van der Waals surface area contributed by atoms with E-state index in [2.05, 4.69) is 4.74 Å². The fourth-order valence-electron chi connectivity index (χ4n) is 1.26. The highest BCUT2D eigenvalue weighted by Gasteiger charge is 2.57. The first kappa shape index (κ1) is 8.99. The second kappa shape index (κ2) is 2.45. The van der Waals surface area contributed by atoms with Crippen LogP contribution in [-0.2, 0) is 14.3 Å². The maximum atomic E-state index is 10.9. The molecular formula is C7H10O5. The molecule has 1 heterocycles. The Morgan fingerprint density at radius 3 is 2.25 bits per heavy atom. The number of aliphatic carboxylic acids is 1. The van der Waals surface area contributed by atoms with Crippen molar-refractivity contribution in [3.63, 3.8) is 0 Å². The van der Waals surface area contributed by atoms with Crippen molar-refractivity contribution in [2.45, 2.75) is 25.6 Å². The van der Waals surface area contributed by atoms with Gasteiger partial charge in [0.2, 0.25) is 5.60 Å². The van der Waals surface area contributed by atoms with Crippen molar-refractivity contribution < 1.29 is 24.5 Å². The monoisotopic (exact) mass is 174 g/mol. The van der Waals surface area contributed by atoms with Gasteiger partial charge in [0, 0.05) is 0 Å². The molecule has 0 spiro atoms. The molecule has 1 aliphatic heterocycles. The molecular weight excluding hydrogens is 164 g/mol. The van der Waals surface area contributed by atoms with Crippen LogP contribution in [0, 0.1) is 5.92 Å². The molecule has 2 N–H and O–H groups in total. The zero-order valence-corrected chi connectivity index (χ0v) is 6.77. The lowest BCUT2D eigenvalue weighted by atomic mass is 9.87. The number of carbonyl (C=O) groups is 2. The van der Waals surface area contributed by atoms with Gasteiger partial charge in [0.15, 0.2) is 0 Å². The third kappa shape index (κ3) is 0.896. The van der Waals surface area contributed by atoms with Gasteiger partial charge in [-0.2, -0.15) is 0 Å². The van der Waals surface area contributed by atoms with Crippen molar-refractivity contribution in [2.75, 3.05) is 0 Å². The van der Waals surface area contributed by atoms with Gasteiger partial charge < -0.3 is 14.9 Å². The van der Waals surface area contributed by atoms with Gasteiger partial charge in [-0.15, -0.1) is 0 Å². The summed E-state index contributed by atoms with van der Waals surface area (Å²) in [5.74, 6) is -3.11. The average Bonchev–Trinajstić information content (AvgIpc) is 2.16. The number of carboxylic acids is 1. The smallest absolute Gasteiger partial charge is 0.340 e. The van der Waals surface area contributed by atoms with E-state index < -0.39 is 29.6 Å². The summed E-state index contributed by atoms with van der Waals surface area (Å²) in [6.45, 7) is 2.69. The molecule has 1 fully saturated rings. The third-order valence-corrected chi connectivity index (χ3v) is 2.27. The minimum atomic E-state index is -2.07. The van der Waals surface area contributed by atoms with Crippen LogP contribution in [0.25, 0.3) is 0 Å². The number of carboxylic acid groups (broad SMARTS) is 1. The molecule has 0 aliphatic carbocycles. The number of hydrogen-bond acceptors (Lipinski definition) is 4. The Labute approximate surface area is 68.9 Å². The molecule has 68 valence electrons. The Morgan fingerprint density at radius 1 is 1.58 bits per heavy atom. The summed E-state index contributed by atoms with van der Waals surface area (Å²) in [5, 5.41) is 18.2. The van der Waals surface area contributed by atoms with Crippen LogP contribution in [0.3, 0.4) is 0 Å². The van der Waals surface area contributed by atoms with E-state index in [1.165, 1.54) is 13.8 Å². The van der Waals surface area contributed by atoms with Crippen molar-refractivity contribution in [3.05, 3.63) is 0 Å². The van der Waals surface area contributed by atoms with Crippen LogP contribution < -0.4 is 0 Å². The standard InChI is InChI=1S/C7H10O5/c1-3-5(8)12-4(2)7(3,11)6(9)10/h3-4,11H,1-2H3,(H,9,10)/t3-,4+,7-/m0/s1. The van der Waals surface area contributed by atoms with Gasteiger partial charge in [-0.3, -0.25) is 4.79 Å². The molecule has 1 saturated heterocycles. The average molecular weight is 174 g/mol. The molecule has 12 heavy (non-hydrogen) atoms. The quantitative estimate of drug-likeness (QED) is 0.518. The predicted molar refractivity (Wildman–Crippen MR) is 37.3 cm³/mol. The first-order valence-corrected chi connectivity index (χ1v) is 3.57. The zero-order valence-electron chi connectivity index (χ0n) is 6.77. The van der Waals surface area contributed by atoms with E-state index >= 15 is 0 Å². The van der Waals surface area contributed by atoms with E-state index in [0.717, 1.165) is 0 Å². The van der Waals surface area contributed by atoms with Crippen molar-refractivity contribution in [2.24, 2.45) is 5.92 Å². The van der Waals surface area contributed by atoms with E-state index in [-0.39, 0.29) is 0 Å². The molecule has 0 aromatic rings. The number of cyclic esters (lactones) is 1. The molecule has 1 aliphatic rings. The number of ether oxygens (including phenoxy) is 1. The summed E-state index contributed by atoms with van der Waals surface area (Å²) in [7, 11) is 0. The second-order valence-electron chi connectivity index (χ2n) is 2.93. The highest BCUT2D eigenvalue weighted by atomic mass is 16.6. The fraction of sp³-hybridized carbons (Fsp3) is 0.714. The number of hydrogen-bond donors (Lipinski definition) is 2. The summed E-state index contributed by atoms with van der Waals surface area (Å²) < 4.78 is 4.58. The van der Waals surface area contributed by atoms with E-state index in [1.54, 1.807) is 0 Å². The lowest BCUT2D eigenvalue weighted by Gasteiger charge is -2.21. The van der Waals surface area contributed by atoms with Crippen LogP contribution in [0.5, 0.6) is 0 Å². The molecule has 0 bridgehead atoms. The molecule has 3 atom stereocenters. The van der Waals surface area contributed by atoms with E-state index in [9.17, 15) is 14.7 Å². The Balaban J connectivity index is 3.03. The molecule has 0 aromatic carbocycles. The Hall–Kier alpha value is -1.10. The summed E-state index contributed by atoms with van der Waals surface area (Å²) in [6.07, 6.45) is -0.988. The first-order chi connectivity index (χ1) is 5.40. The molecule has 5 heteroatoms. The fourth-order valence-corrected chi connectivity index (χ4v) is 1.26. The second-order valence-corrected chi connectivity index (χ2v) is 2.93. The summed E-state index contributed by atoms with van der Waals surface area (Å²) in [6, 6.07) is 0. The molecule has 1 rings (SSSR count). The lowest BCUT2D eigenvalue weighted by Crippen LogP contribution is -2.49. The normalized spacial score (nSPS) is 41.1. The van der Waals surface area contributed by atoms with Crippen LogP contribution in [-0.4, -0.2) is 33.9 Å². The van der Waals surface area contributed by atoms with Crippen LogP contribution in [0.2, 0.25) is 0 Å². The highest BCUT2D eigenvalue weighted by Crippen LogP contribution is 2.32. The maximum Gasteiger partial charge on any atom is 0.340 e. The van der Waals surface area contributed by atoms with Gasteiger partial charge in [-0.1, -0.05) is 0 Å². The van der Waals surface area contributed by atoms with Crippen LogP contribution in [0.4, 0.5) is 0 Å². The maximum absolute atomic E-state index is 10.9. The van der Waals surface area contributed by atoms with Gasteiger partial charge in [0.25, 0.3) is 0 Å². The lowest BCUT2D eigenvalue weighted by molar-refractivity contribution is -0.166. The van der Waals surface area contributed by atoms with Gasteiger partial charge in [-0.05, 0) is 13.8 Å². The Kier molecular flexibility index (Phi) is 1.83. The summed E-state index contributed by atoms with van der Waals surface area (Å²) >= 11 is 0. The van der Waals surface area contributed by atoms with Crippen molar-refractivity contribution in [3.8, 4) is 0 Å². The molecule has 5 nitrogen and oxygen atoms in total. The van der Waals surface area contributed by atoms with Crippen LogP contribution in [0.15, 0.2) is 0 Å². The molecule has 0 saturated carbocycles. The largest absolute Gasteiger partial charge is 0.479 e. The molecule has 0 aromatic heterocycles. The SMILES string of the molecule is C[C@H]1OC(=O)[C@H](C)[C@@]1(O)C(=O)O. The highest BCUT2D eigenvalue weighted by molar-refractivity contribution is 5.89. The number of rotatable bonds is 1. The zero-order chi connectivity index (χ0) is 9.52.